The van der Waals surface area contributed by atoms with Crippen LogP contribution in [0.5, 0.6) is 5.75 Å². The molecule has 0 radical (unpaired) electrons. The Hall–Kier alpha value is -2.10. The summed E-state index contributed by atoms with van der Waals surface area (Å²) in [6, 6.07) is 11.6. The summed E-state index contributed by atoms with van der Waals surface area (Å²) in [5.74, 6) is -0.860. The van der Waals surface area contributed by atoms with Gasteiger partial charge in [-0.2, -0.15) is 0 Å². The number of anilines is 1. The molecule has 21 heavy (non-hydrogen) atoms. The first-order valence-electron chi connectivity index (χ1n) is 6.94. The summed E-state index contributed by atoms with van der Waals surface area (Å²) in [4.78, 5) is 0. The lowest BCUT2D eigenvalue weighted by atomic mass is 9.89. The van der Waals surface area contributed by atoms with Crippen molar-refractivity contribution in [1.82, 2.24) is 0 Å². The zero-order chi connectivity index (χ0) is 15.0. The van der Waals surface area contributed by atoms with Crippen molar-refractivity contribution in [2.45, 2.75) is 31.9 Å². The first-order valence-corrected chi connectivity index (χ1v) is 6.94. The van der Waals surface area contributed by atoms with Gasteiger partial charge in [-0.15, -0.1) is 0 Å². The van der Waals surface area contributed by atoms with Crippen LogP contribution in [0.3, 0.4) is 0 Å². The van der Waals surface area contributed by atoms with E-state index in [9.17, 15) is 8.78 Å². The fraction of sp³-hybridized carbons (Fsp3) is 0.294. The summed E-state index contributed by atoms with van der Waals surface area (Å²) in [7, 11) is 0. The first kappa shape index (κ1) is 13.9. The van der Waals surface area contributed by atoms with Crippen molar-refractivity contribution in [3.05, 3.63) is 59.7 Å². The number of ether oxygens (including phenoxy) is 1. The van der Waals surface area contributed by atoms with E-state index in [0.29, 0.717) is 5.69 Å². The van der Waals surface area contributed by atoms with Gasteiger partial charge in [-0.3, -0.25) is 0 Å². The molecule has 1 aliphatic heterocycles. The van der Waals surface area contributed by atoms with Crippen LogP contribution in [0.1, 0.15) is 31.9 Å². The summed E-state index contributed by atoms with van der Waals surface area (Å²) < 4.78 is 32.3. The molecule has 0 aromatic heterocycles. The molecule has 110 valence electrons. The van der Waals surface area contributed by atoms with Gasteiger partial charge in [0.25, 0.3) is 0 Å². The molecule has 0 spiro atoms. The number of hydrogen-bond acceptors (Lipinski definition) is 2. The van der Waals surface area contributed by atoms with E-state index in [4.69, 9.17) is 4.74 Å². The first-order chi connectivity index (χ1) is 9.94. The van der Waals surface area contributed by atoms with Gasteiger partial charge < -0.3 is 10.1 Å². The Balaban J connectivity index is 1.92. The zero-order valence-electron chi connectivity index (χ0n) is 12.0. The van der Waals surface area contributed by atoms with Gasteiger partial charge in [0.15, 0.2) is 11.6 Å². The largest absolute Gasteiger partial charge is 0.487 e. The van der Waals surface area contributed by atoms with E-state index in [1.165, 1.54) is 6.07 Å². The smallest absolute Gasteiger partial charge is 0.160 e. The van der Waals surface area contributed by atoms with Crippen molar-refractivity contribution < 1.29 is 13.5 Å². The normalized spacial score (nSPS) is 19.5. The predicted octanol–water partition coefficient (Wildman–Crippen LogP) is 4.68. The van der Waals surface area contributed by atoms with E-state index in [1.807, 2.05) is 38.1 Å². The van der Waals surface area contributed by atoms with Crippen LogP contribution >= 0.6 is 0 Å². The van der Waals surface area contributed by atoms with E-state index in [0.717, 1.165) is 23.8 Å². The molecule has 2 aromatic rings. The standard InChI is InChI=1S/C17H17F2NO/c1-17(2)10-15(12-5-3-4-6-16(12)21-17)20-11-7-8-13(18)14(19)9-11/h3-9,15,20H,10H2,1-2H3. The molecule has 0 bridgehead atoms. The van der Waals surface area contributed by atoms with Gasteiger partial charge >= 0.3 is 0 Å². The van der Waals surface area contributed by atoms with Crippen LogP contribution in [-0.4, -0.2) is 5.60 Å². The third-order valence-corrected chi connectivity index (χ3v) is 3.64. The molecular formula is C17H17F2NO. The van der Waals surface area contributed by atoms with Crippen molar-refractivity contribution in [2.24, 2.45) is 0 Å². The van der Waals surface area contributed by atoms with Crippen molar-refractivity contribution in [3.63, 3.8) is 0 Å². The summed E-state index contributed by atoms with van der Waals surface area (Å²) in [5, 5.41) is 3.27. The molecule has 0 aliphatic carbocycles. The van der Waals surface area contributed by atoms with E-state index in [-0.39, 0.29) is 11.6 Å². The highest BCUT2D eigenvalue weighted by Crippen LogP contribution is 2.40. The highest BCUT2D eigenvalue weighted by Gasteiger charge is 2.33. The number of halogens is 2. The maximum atomic E-state index is 13.3. The molecule has 1 heterocycles. The van der Waals surface area contributed by atoms with Gasteiger partial charge in [-0.05, 0) is 32.0 Å². The molecule has 3 rings (SSSR count). The van der Waals surface area contributed by atoms with Gasteiger partial charge in [0.05, 0.1) is 6.04 Å². The molecule has 0 fully saturated rings. The Bertz CT molecular complexity index is 670. The highest BCUT2D eigenvalue weighted by molar-refractivity contribution is 5.49. The summed E-state index contributed by atoms with van der Waals surface area (Å²) >= 11 is 0. The Morgan fingerprint density at radius 2 is 1.86 bits per heavy atom. The predicted molar refractivity (Wildman–Crippen MR) is 78.5 cm³/mol. The highest BCUT2D eigenvalue weighted by atomic mass is 19.2. The SMILES string of the molecule is CC1(C)CC(Nc2ccc(F)c(F)c2)c2ccccc2O1. The minimum atomic E-state index is -0.848. The lowest BCUT2D eigenvalue weighted by Gasteiger charge is -2.38. The van der Waals surface area contributed by atoms with E-state index in [2.05, 4.69) is 5.32 Å². The molecule has 0 amide bonds. The number of hydrogen-bond donors (Lipinski definition) is 1. The van der Waals surface area contributed by atoms with E-state index >= 15 is 0 Å². The van der Waals surface area contributed by atoms with Crippen LogP contribution in [0.4, 0.5) is 14.5 Å². The van der Waals surface area contributed by atoms with Crippen LogP contribution in [0.15, 0.2) is 42.5 Å². The van der Waals surface area contributed by atoms with Gasteiger partial charge in [0.1, 0.15) is 11.4 Å². The number of para-hydroxylation sites is 1. The lowest BCUT2D eigenvalue weighted by molar-refractivity contribution is 0.0759. The molecule has 1 N–H and O–H groups in total. The fourth-order valence-electron chi connectivity index (χ4n) is 2.72. The number of rotatable bonds is 2. The van der Waals surface area contributed by atoms with Crippen LogP contribution < -0.4 is 10.1 Å². The minimum Gasteiger partial charge on any atom is -0.487 e. The molecule has 1 unspecified atom stereocenters. The van der Waals surface area contributed by atoms with Crippen molar-refractivity contribution in [3.8, 4) is 5.75 Å². The number of nitrogens with one attached hydrogen (secondary N) is 1. The Morgan fingerprint density at radius 3 is 2.62 bits per heavy atom. The maximum Gasteiger partial charge on any atom is 0.160 e. The second-order valence-corrected chi connectivity index (χ2v) is 5.93. The fourth-order valence-corrected chi connectivity index (χ4v) is 2.72. The Labute approximate surface area is 122 Å². The van der Waals surface area contributed by atoms with Crippen LogP contribution in [-0.2, 0) is 0 Å². The Kier molecular flexibility index (Phi) is 3.32. The minimum absolute atomic E-state index is 0.00480. The summed E-state index contributed by atoms with van der Waals surface area (Å²) in [5.41, 5.74) is 1.28. The quantitative estimate of drug-likeness (QED) is 0.866. The second kappa shape index (κ2) is 5.02. The van der Waals surface area contributed by atoms with E-state index < -0.39 is 11.6 Å². The average Bonchev–Trinajstić information content (AvgIpc) is 2.42. The molecule has 0 saturated heterocycles. The lowest BCUT2D eigenvalue weighted by Crippen LogP contribution is -2.37. The maximum absolute atomic E-state index is 13.3. The molecule has 0 saturated carbocycles. The van der Waals surface area contributed by atoms with Crippen LogP contribution in [0.2, 0.25) is 0 Å². The van der Waals surface area contributed by atoms with E-state index in [1.54, 1.807) is 6.07 Å². The Morgan fingerprint density at radius 1 is 1.10 bits per heavy atom. The number of benzene rings is 2. The molecular weight excluding hydrogens is 272 g/mol. The third-order valence-electron chi connectivity index (χ3n) is 3.64. The molecule has 4 heteroatoms. The summed E-state index contributed by atoms with van der Waals surface area (Å²) in [6.07, 6.45) is 0.739. The number of fused-ring (bicyclic) bond motifs is 1. The van der Waals surface area contributed by atoms with Crippen molar-refractivity contribution in [1.29, 1.82) is 0 Å². The zero-order valence-corrected chi connectivity index (χ0v) is 12.0. The second-order valence-electron chi connectivity index (χ2n) is 5.93. The van der Waals surface area contributed by atoms with Gasteiger partial charge in [0, 0.05) is 23.7 Å². The van der Waals surface area contributed by atoms with Gasteiger partial charge in [-0.25, -0.2) is 8.78 Å². The monoisotopic (exact) mass is 289 g/mol. The molecule has 2 aromatic carbocycles. The third kappa shape index (κ3) is 2.84. The average molecular weight is 289 g/mol. The molecule has 1 aliphatic rings. The topological polar surface area (TPSA) is 21.3 Å². The van der Waals surface area contributed by atoms with Crippen LogP contribution in [0.25, 0.3) is 0 Å². The van der Waals surface area contributed by atoms with Gasteiger partial charge in [0.2, 0.25) is 0 Å². The molecule has 1 atom stereocenters. The summed E-state index contributed by atoms with van der Waals surface area (Å²) in [6.45, 7) is 4.03. The van der Waals surface area contributed by atoms with Gasteiger partial charge in [-0.1, -0.05) is 18.2 Å². The molecule has 2 nitrogen and oxygen atoms in total. The van der Waals surface area contributed by atoms with Crippen LogP contribution in [0, 0.1) is 11.6 Å². The van der Waals surface area contributed by atoms with Crippen molar-refractivity contribution in [2.75, 3.05) is 5.32 Å². The van der Waals surface area contributed by atoms with Crippen molar-refractivity contribution >= 4 is 5.69 Å².